The molecular weight excluding hydrogens is 162 g/mol. The van der Waals surface area contributed by atoms with Crippen LogP contribution in [0.1, 0.15) is 11.1 Å². The summed E-state index contributed by atoms with van der Waals surface area (Å²) in [5.74, 6) is 0.495. The third kappa shape index (κ3) is 0.916. The Balaban J connectivity index is 1.99. The minimum absolute atomic E-state index is 0.236. The molecule has 1 amide bonds. The molecule has 0 bridgehead atoms. The molecule has 66 valence electrons. The molecule has 2 atom stereocenters. The van der Waals surface area contributed by atoms with Gasteiger partial charge in [-0.2, -0.15) is 0 Å². The van der Waals surface area contributed by atoms with Gasteiger partial charge in [-0.1, -0.05) is 24.3 Å². The molecule has 2 aliphatic rings. The van der Waals surface area contributed by atoms with Crippen molar-refractivity contribution in [3.05, 3.63) is 35.4 Å². The predicted octanol–water partition coefficient (Wildman–Crippen LogP) is 0.900. The lowest BCUT2D eigenvalue weighted by molar-refractivity contribution is -0.135. The van der Waals surface area contributed by atoms with Crippen molar-refractivity contribution in [1.82, 2.24) is 5.32 Å². The van der Waals surface area contributed by atoms with Gasteiger partial charge in [0.2, 0.25) is 5.91 Å². The van der Waals surface area contributed by atoms with Crippen molar-refractivity contribution in [3.8, 4) is 0 Å². The molecule has 1 N–H and O–H groups in total. The van der Waals surface area contributed by atoms with Crippen molar-refractivity contribution in [2.24, 2.45) is 5.92 Å². The Morgan fingerprint density at radius 2 is 1.85 bits per heavy atom. The molecule has 0 unspecified atom stereocenters. The lowest BCUT2D eigenvalue weighted by Gasteiger charge is -2.41. The fourth-order valence-electron chi connectivity index (χ4n) is 2.33. The molecule has 1 aliphatic heterocycles. The number of hydrogen-bond acceptors (Lipinski definition) is 1. The van der Waals surface area contributed by atoms with Gasteiger partial charge < -0.3 is 5.32 Å². The first-order chi connectivity index (χ1) is 6.34. The number of amides is 1. The first-order valence-corrected chi connectivity index (χ1v) is 4.72. The summed E-state index contributed by atoms with van der Waals surface area (Å²) in [5.41, 5.74) is 2.77. The van der Waals surface area contributed by atoms with Crippen LogP contribution in [0.25, 0.3) is 0 Å². The maximum atomic E-state index is 11.2. The first-order valence-electron chi connectivity index (χ1n) is 4.72. The van der Waals surface area contributed by atoms with Crippen LogP contribution in [-0.4, -0.2) is 11.9 Å². The number of benzene rings is 1. The number of hydrogen-bond donors (Lipinski definition) is 1. The van der Waals surface area contributed by atoms with E-state index in [2.05, 4.69) is 29.6 Å². The molecule has 3 rings (SSSR count). The smallest absolute Gasteiger partial charge is 0.225 e. The van der Waals surface area contributed by atoms with E-state index in [9.17, 15) is 4.79 Å². The molecule has 0 saturated carbocycles. The van der Waals surface area contributed by atoms with Crippen molar-refractivity contribution >= 4 is 5.91 Å². The van der Waals surface area contributed by atoms with Crippen LogP contribution in [0.2, 0.25) is 0 Å². The Hall–Kier alpha value is -1.31. The fraction of sp³-hybridized carbons (Fsp3) is 0.364. The summed E-state index contributed by atoms with van der Waals surface area (Å²) in [5, 5.41) is 2.95. The van der Waals surface area contributed by atoms with E-state index >= 15 is 0 Å². The van der Waals surface area contributed by atoms with Crippen LogP contribution < -0.4 is 5.32 Å². The highest BCUT2D eigenvalue weighted by molar-refractivity contribution is 5.86. The maximum absolute atomic E-state index is 11.2. The van der Waals surface area contributed by atoms with E-state index in [4.69, 9.17) is 0 Å². The third-order valence-electron chi connectivity index (χ3n) is 3.15. The van der Waals surface area contributed by atoms with Gasteiger partial charge in [-0.3, -0.25) is 4.79 Å². The maximum Gasteiger partial charge on any atom is 0.225 e. The molecule has 0 radical (unpaired) electrons. The van der Waals surface area contributed by atoms with Gasteiger partial charge >= 0.3 is 0 Å². The molecule has 1 saturated heterocycles. The number of fused-ring (bicyclic) bond motifs is 2. The topological polar surface area (TPSA) is 29.1 Å². The van der Waals surface area contributed by atoms with Gasteiger partial charge in [-0.05, 0) is 24.0 Å². The van der Waals surface area contributed by atoms with Crippen molar-refractivity contribution in [2.45, 2.75) is 18.9 Å². The summed E-state index contributed by atoms with van der Waals surface area (Å²) in [7, 11) is 0. The molecule has 1 heterocycles. The highest BCUT2D eigenvalue weighted by atomic mass is 16.2. The standard InChI is InChI=1S/C11H11NO/c13-11-9-5-7-3-1-2-4-8(7)6-10(9)12-11/h1-4,9-10H,5-6H2,(H,12,13)/t9-,10-/m1/s1. The number of β-lactam (4-membered cyclic amide) rings is 1. The fourth-order valence-corrected chi connectivity index (χ4v) is 2.33. The van der Waals surface area contributed by atoms with E-state index < -0.39 is 0 Å². The van der Waals surface area contributed by atoms with Crippen molar-refractivity contribution in [2.75, 3.05) is 0 Å². The largest absolute Gasteiger partial charge is 0.352 e. The van der Waals surface area contributed by atoms with Crippen LogP contribution in [-0.2, 0) is 17.6 Å². The molecule has 0 spiro atoms. The average molecular weight is 173 g/mol. The van der Waals surface area contributed by atoms with Gasteiger partial charge in [-0.15, -0.1) is 0 Å². The van der Waals surface area contributed by atoms with Gasteiger partial charge in [0.15, 0.2) is 0 Å². The quantitative estimate of drug-likeness (QED) is 0.580. The zero-order valence-electron chi connectivity index (χ0n) is 7.29. The molecule has 0 aromatic heterocycles. The lowest BCUT2D eigenvalue weighted by atomic mass is 9.75. The third-order valence-corrected chi connectivity index (χ3v) is 3.15. The molecular formula is C11H11NO. The molecule has 1 aromatic carbocycles. The van der Waals surface area contributed by atoms with Crippen LogP contribution >= 0.6 is 0 Å². The summed E-state index contributed by atoms with van der Waals surface area (Å²) in [4.78, 5) is 11.2. The van der Waals surface area contributed by atoms with Crippen LogP contribution in [0, 0.1) is 5.92 Å². The molecule has 2 nitrogen and oxygen atoms in total. The van der Waals surface area contributed by atoms with Gasteiger partial charge in [0.1, 0.15) is 0 Å². The summed E-state index contributed by atoms with van der Waals surface area (Å²) >= 11 is 0. The van der Waals surface area contributed by atoms with E-state index in [1.54, 1.807) is 0 Å². The van der Waals surface area contributed by atoms with Crippen molar-refractivity contribution < 1.29 is 4.79 Å². The van der Waals surface area contributed by atoms with E-state index in [0.717, 1.165) is 12.8 Å². The second kappa shape index (κ2) is 2.34. The minimum Gasteiger partial charge on any atom is -0.352 e. The Bertz CT molecular complexity index is 372. The zero-order valence-corrected chi connectivity index (χ0v) is 7.29. The van der Waals surface area contributed by atoms with Gasteiger partial charge in [0.05, 0.1) is 5.92 Å². The first kappa shape index (κ1) is 7.13. The molecule has 2 heteroatoms. The Morgan fingerprint density at radius 1 is 1.15 bits per heavy atom. The monoisotopic (exact) mass is 173 g/mol. The Labute approximate surface area is 77.0 Å². The number of nitrogens with one attached hydrogen (secondary N) is 1. The Kier molecular flexibility index (Phi) is 1.29. The molecule has 1 fully saturated rings. The van der Waals surface area contributed by atoms with E-state index in [-0.39, 0.29) is 11.8 Å². The van der Waals surface area contributed by atoms with Crippen molar-refractivity contribution in [1.29, 1.82) is 0 Å². The van der Waals surface area contributed by atoms with Crippen LogP contribution in [0.3, 0.4) is 0 Å². The number of rotatable bonds is 0. The molecule has 1 aromatic rings. The number of carbonyl (C=O) groups excluding carboxylic acids is 1. The Morgan fingerprint density at radius 3 is 2.54 bits per heavy atom. The van der Waals surface area contributed by atoms with Gasteiger partial charge in [0, 0.05) is 6.04 Å². The second-order valence-corrected chi connectivity index (χ2v) is 3.90. The zero-order chi connectivity index (χ0) is 8.84. The van der Waals surface area contributed by atoms with Gasteiger partial charge in [0.25, 0.3) is 0 Å². The van der Waals surface area contributed by atoms with E-state index in [0.29, 0.717) is 6.04 Å². The van der Waals surface area contributed by atoms with Crippen molar-refractivity contribution in [3.63, 3.8) is 0 Å². The summed E-state index contributed by atoms with van der Waals surface area (Å²) in [6, 6.07) is 8.84. The molecule has 13 heavy (non-hydrogen) atoms. The SMILES string of the molecule is O=C1N[C@@H]2Cc3ccccc3C[C@@H]12. The average Bonchev–Trinajstić information content (AvgIpc) is 2.16. The minimum atomic E-state index is 0.236. The predicted molar refractivity (Wildman–Crippen MR) is 49.3 cm³/mol. The molecule has 1 aliphatic carbocycles. The lowest BCUT2D eigenvalue weighted by Crippen LogP contribution is -2.61. The van der Waals surface area contributed by atoms with E-state index in [1.165, 1.54) is 11.1 Å². The van der Waals surface area contributed by atoms with Crippen LogP contribution in [0.4, 0.5) is 0 Å². The van der Waals surface area contributed by atoms with Crippen LogP contribution in [0.5, 0.6) is 0 Å². The number of carbonyl (C=O) groups is 1. The summed E-state index contributed by atoms with van der Waals surface area (Å²) in [6.07, 6.45) is 1.96. The van der Waals surface area contributed by atoms with Crippen LogP contribution in [0.15, 0.2) is 24.3 Å². The summed E-state index contributed by atoms with van der Waals surface area (Å²) in [6.45, 7) is 0. The summed E-state index contributed by atoms with van der Waals surface area (Å²) < 4.78 is 0. The normalized spacial score (nSPS) is 29.7. The van der Waals surface area contributed by atoms with Gasteiger partial charge in [-0.25, -0.2) is 0 Å². The second-order valence-electron chi connectivity index (χ2n) is 3.90. The highest BCUT2D eigenvalue weighted by Crippen LogP contribution is 2.30. The highest BCUT2D eigenvalue weighted by Gasteiger charge is 2.41. The van der Waals surface area contributed by atoms with E-state index in [1.807, 2.05) is 0 Å².